The summed E-state index contributed by atoms with van der Waals surface area (Å²) in [7, 11) is 0. The minimum absolute atomic E-state index is 0.0369. The molecule has 1 atom stereocenters. The Kier molecular flexibility index (Phi) is 4.44. The summed E-state index contributed by atoms with van der Waals surface area (Å²) < 4.78 is 40.9. The number of carbonyl (C=O) groups excluding carboxylic acids is 1. The molecule has 1 saturated heterocycles. The summed E-state index contributed by atoms with van der Waals surface area (Å²) >= 11 is 0. The molecule has 2 heterocycles. The van der Waals surface area contributed by atoms with Crippen molar-refractivity contribution in [2.45, 2.75) is 43.8 Å². The first-order chi connectivity index (χ1) is 12.9. The fourth-order valence-corrected chi connectivity index (χ4v) is 4.04. The van der Waals surface area contributed by atoms with Crippen LogP contribution in [-0.2, 0) is 22.9 Å². The van der Waals surface area contributed by atoms with E-state index < -0.39 is 17.2 Å². The van der Waals surface area contributed by atoms with E-state index in [0.717, 1.165) is 25.0 Å². The zero-order valence-electron chi connectivity index (χ0n) is 14.8. The number of aromatic nitrogens is 3. The van der Waals surface area contributed by atoms with Crippen LogP contribution in [0.5, 0.6) is 0 Å². The van der Waals surface area contributed by atoms with E-state index in [0.29, 0.717) is 38.0 Å². The Morgan fingerprint density at radius 3 is 2.78 bits per heavy atom. The average molecular weight is 378 g/mol. The van der Waals surface area contributed by atoms with Gasteiger partial charge in [0, 0.05) is 19.6 Å². The van der Waals surface area contributed by atoms with Gasteiger partial charge in [0.05, 0.1) is 11.0 Å². The number of piperidine rings is 1. The van der Waals surface area contributed by atoms with Crippen LogP contribution in [0.2, 0.25) is 0 Å². The summed E-state index contributed by atoms with van der Waals surface area (Å²) in [6.07, 6.45) is 1.85. The Morgan fingerprint density at radius 2 is 2.11 bits per heavy atom. The van der Waals surface area contributed by atoms with Crippen molar-refractivity contribution in [1.82, 2.24) is 19.7 Å². The maximum absolute atomic E-state index is 13.2. The third-order valence-electron chi connectivity index (χ3n) is 5.62. The molecule has 1 amide bonds. The van der Waals surface area contributed by atoms with Crippen LogP contribution in [0.1, 0.15) is 36.8 Å². The second kappa shape index (κ2) is 6.65. The lowest BCUT2D eigenvalue weighted by Gasteiger charge is -2.35. The highest BCUT2D eigenvalue weighted by molar-refractivity contribution is 5.91. The molecule has 0 spiro atoms. The van der Waals surface area contributed by atoms with Crippen LogP contribution >= 0.6 is 0 Å². The molecule has 1 aliphatic carbocycles. The van der Waals surface area contributed by atoms with Gasteiger partial charge in [0.2, 0.25) is 5.91 Å². The highest BCUT2D eigenvalue weighted by Gasteiger charge is 2.53. The molecule has 2 fully saturated rings. The van der Waals surface area contributed by atoms with Crippen molar-refractivity contribution in [3.8, 4) is 0 Å². The predicted molar refractivity (Wildman–Crippen MR) is 91.7 cm³/mol. The normalized spacial score (nSPS) is 21.9. The van der Waals surface area contributed by atoms with Crippen LogP contribution in [0.3, 0.4) is 0 Å². The monoisotopic (exact) mass is 378 g/mol. The molecule has 1 aromatic heterocycles. The van der Waals surface area contributed by atoms with Crippen LogP contribution in [0.15, 0.2) is 36.9 Å². The minimum atomic E-state index is -4.40. The smallest absolute Gasteiger partial charge is 0.342 e. The van der Waals surface area contributed by atoms with E-state index in [4.69, 9.17) is 0 Å². The van der Waals surface area contributed by atoms with Gasteiger partial charge in [-0.2, -0.15) is 18.3 Å². The summed E-state index contributed by atoms with van der Waals surface area (Å²) in [5.74, 6) is 0.242. The van der Waals surface area contributed by atoms with Crippen molar-refractivity contribution in [3.63, 3.8) is 0 Å². The van der Waals surface area contributed by atoms with Gasteiger partial charge in [0.1, 0.15) is 12.7 Å². The molecule has 0 bridgehead atoms. The number of nitrogens with zero attached hydrogens (tertiary/aromatic N) is 4. The Labute approximate surface area is 155 Å². The summed E-state index contributed by atoms with van der Waals surface area (Å²) in [6.45, 7) is 1.97. The van der Waals surface area contributed by atoms with E-state index in [1.54, 1.807) is 17.1 Å². The van der Waals surface area contributed by atoms with E-state index in [1.165, 1.54) is 12.4 Å². The molecule has 1 saturated carbocycles. The number of halogens is 3. The van der Waals surface area contributed by atoms with Gasteiger partial charge in [0.25, 0.3) is 0 Å². The van der Waals surface area contributed by atoms with E-state index in [1.807, 2.05) is 4.90 Å². The second-order valence-corrected chi connectivity index (χ2v) is 7.54. The summed E-state index contributed by atoms with van der Waals surface area (Å²) in [5.41, 5.74) is -0.987. The molecule has 0 N–H and O–H groups in total. The number of alkyl halides is 3. The standard InChI is InChI=1S/C19H21F3N4O/c20-19(21,22)16-5-1-4-15(9-16)18(6-7-18)17(27)25-8-2-3-14(10-25)11-26-13-23-12-24-26/h1,4-5,9,12-14H,2-3,6-8,10-11H2. The van der Waals surface area contributed by atoms with Crippen LogP contribution in [0, 0.1) is 5.92 Å². The molecule has 1 unspecified atom stereocenters. The molecular formula is C19H21F3N4O. The zero-order valence-corrected chi connectivity index (χ0v) is 14.8. The van der Waals surface area contributed by atoms with Gasteiger partial charge in [0.15, 0.2) is 0 Å². The van der Waals surface area contributed by atoms with Gasteiger partial charge < -0.3 is 4.90 Å². The van der Waals surface area contributed by atoms with E-state index in [9.17, 15) is 18.0 Å². The van der Waals surface area contributed by atoms with Crippen LogP contribution in [0.4, 0.5) is 13.2 Å². The van der Waals surface area contributed by atoms with Crippen LogP contribution < -0.4 is 0 Å². The number of likely N-dealkylation sites (tertiary alicyclic amines) is 1. The number of amides is 1. The van der Waals surface area contributed by atoms with Crippen molar-refractivity contribution in [2.75, 3.05) is 13.1 Å². The number of benzene rings is 1. The van der Waals surface area contributed by atoms with Gasteiger partial charge in [-0.25, -0.2) is 4.98 Å². The molecular weight excluding hydrogens is 357 g/mol. The maximum Gasteiger partial charge on any atom is 0.416 e. The fourth-order valence-electron chi connectivity index (χ4n) is 4.04. The minimum Gasteiger partial charge on any atom is -0.342 e. The van der Waals surface area contributed by atoms with Gasteiger partial charge in [-0.3, -0.25) is 9.48 Å². The predicted octanol–water partition coefficient (Wildman–Crippen LogP) is 3.27. The molecule has 0 radical (unpaired) electrons. The number of hydrogen-bond acceptors (Lipinski definition) is 3. The first-order valence-electron chi connectivity index (χ1n) is 9.18. The van der Waals surface area contributed by atoms with E-state index >= 15 is 0 Å². The fraction of sp³-hybridized carbons (Fsp3) is 0.526. The molecule has 1 aromatic carbocycles. The molecule has 2 aromatic rings. The quantitative estimate of drug-likeness (QED) is 0.821. The van der Waals surface area contributed by atoms with Gasteiger partial charge in [-0.05, 0) is 43.2 Å². The van der Waals surface area contributed by atoms with Gasteiger partial charge in [-0.1, -0.05) is 18.2 Å². The molecule has 1 aliphatic heterocycles. The first kappa shape index (κ1) is 18.0. The third-order valence-corrected chi connectivity index (χ3v) is 5.62. The zero-order chi connectivity index (χ0) is 19.1. The SMILES string of the molecule is O=C(N1CCCC(Cn2cncn2)C1)C1(c2cccc(C(F)(F)F)c2)CC1. The van der Waals surface area contributed by atoms with E-state index in [-0.39, 0.29) is 11.8 Å². The molecule has 4 rings (SSSR count). The summed E-state index contributed by atoms with van der Waals surface area (Å²) in [6, 6.07) is 5.24. The van der Waals surface area contributed by atoms with Crippen molar-refractivity contribution in [1.29, 1.82) is 0 Å². The molecule has 27 heavy (non-hydrogen) atoms. The molecule has 2 aliphatic rings. The van der Waals surface area contributed by atoms with E-state index in [2.05, 4.69) is 10.1 Å². The Bertz CT molecular complexity index is 815. The van der Waals surface area contributed by atoms with Crippen molar-refractivity contribution < 1.29 is 18.0 Å². The Balaban J connectivity index is 1.50. The van der Waals surface area contributed by atoms with Gasteiger partial charge >= 0.3 is 6.18 Å². The summed E-state index contributed by atoms with van der Waals surface area (Å²) in [5, 5.41) is 4.12. The number of carbonyl (C=O) groups is 1. The van der Waals surface area contributed by atoms with Crippen LogP contribution in [0.25, 0.3) is 0 Å². The van der Waals surface area contributed by atoms with Crippen LogP contribution in [-0.4, -0.2) is 38.7 Å². The lowest BCUT2D eigenvalue weighted by atomic mass is 9.90. The van der Waals surface area contributed by atoms with Crippen molar-refractivity contribution >= 4 is 5.91 Å². The number of rotatable bonds is 4. The topological polar surface area (TPSA) is 51.0 Å². The van der Waals surface area contributed by atoms with Crippen molar-refractivity contribution in [3.05, 3.63) is 48.0 Å². The summed E-state index contributed by atoms with van der Waals surface area (Å²) in [4.78, 5) is 19.0. The highest BCUT2D eigenvalue weighted by atomic mass is 19.4. The molecule has 144 valence electrons. The Morgan fingerprint density at radius 1 is 1.30 bits per heavy atom. The molecule has 5 nitrogen and oxygen atoms in total. The van der Waals surface area contributed by atoms with Gasteiger partial charge in [-0.15, -0.1) is 0 Å². The van der Waals surface area contributed by atoms with Crippen molar-refractivity contribution in [2.24, 2.45) is 5.92 Å². The second-order valence-electron chi connectivity index (χ2n) is 7.54. The third kappa shape index (κ3) is 3.57. The Hall–Kier alpha value is -2.38. The number of hydrogen-bond donors (Lipinski definition) is 0. The lowest BCUT2D eigenvalue weighted by molar-refractivity contribution is -0.138. The molecule has 8 heteroatoms. The lowest BCUT2D eigenvalue weighted by Crippen LogP contribution is -2.46. The highest BCUT2D eigenvalue weighted by Crippen LogP contribution is 2.50. The largest absolute Gasteiger partial charge is 0.416 e. The average Bonchev–Trinajstić information content (AvgIpc) is 3.31. The maximum atomic E-state index is 13.2. The first-order valence-corrected chi connectivity index (χ1v) is 9.18.